The van der Waals surface area contributed by atoms with Crippen molar-refractivity contribution < 1.29 is 4.74 Å². The van der Waals surface area contributed by atoms with Gasteiger partial charge in [0.25, 0.3) is 0 Å². The molecule has 1 atom stereocenters. The van der Waals surface area contributed by atoms with E-state index in [0.29, 0.717) is 0 Å². The first-order chi connectivity index (χ1) is 8.38. The lowest BCUT2D eigenvalue weighted by Gasteiger charge is -2.15. The van der Waals surface area contributed by atoms with E-state index < -0.39 is 0 Å². The zero-order chi connectivity index (χ0) is 11.7. The summed E-state index contributed by atoms with van der Waals surface area (Å²) in [6, 6.07) is 8.16. The Hall–Kier alpha value is -1.61. The average molecular weight is 228 g/mol. The van der Waals surface area contributed by atoms with E-state index in [4.69, 9.17) is 4.74 Å². The van der Waals surface area contributed by atoms with Crippen molar-refractivity contribution in [3.8, 4) is 5.75 Å². The lowest BCUT2D eigenvalue weighted by Crippen LogP contribution is -2.27. The van der Waals surface area contributed by atoms with E-state index in [2.05, 4.69) is 23.3 Å². The van der Waals surface area contributed by atoms with Crippen molar-refractivity contribution in [1.29, 1.82) is 0 Å². The Labute approximate surface area is 101 Å². The summed E-state index contributed by atoms with van der Waals surface area (Å²) in [5, 5.41) is 4.63. The molecule has 0 radical (unpaired) electrons. The van der Waals surface area contributed by atoms with Gasteiger partial charge in [-0.2, -0.15) is 0 Å². The number of pyridine rings is 1. The molecule has 1 aromatic carbocycles. The molecule has 88 valence electrons. The second kappa shape index (κ2) is 4.34. The largest absolute Gasteiger partial charge is 0.489 e. The Bertz CT molecular complexity index is 539. The summed E-state index contributed by atoms with van der Waals surface area (Å²) in [6.45, 7) is 3.92. The SMILES string of the molecule is CC[C@@H]1CNCc2c(ccc3ncccc23)O1. The molecule has 3 nitrogen and oxygen atoms in total. The third kappa shape index (κ3) is 1.87. The van der Waals surface area contributed by atoms with Gasteiger partial charge in [0, 0.05) is 30.2 Å². The zero-order valence-corrected chi connectivity index (χ0v) is 9.94. The van der Waals surface area contributed by atoms with Crippen LogP contribution in [0.2, 0.25) is 0 Å². The molecule has 2 aromatic rings. The van der Waals surface area contributed by atoms with Gasteiger partial charge in [0.15, 0.2) is 0 Å². The van der Waals surface area contributed by atoms with Crippen LogP contribution in [0.3, 0.4) is 0 Å². The molecule has 1 aromatic heterocycles. The van der Waals surface area contributed by atoms with Gasteiger partial charge in [0.05, 0.1) is 5.52 Å². The molecular formula is C14H16N2O. The molecule has 0 aliphatic carbocycles. The van der Waals surface area contributed by atoms with Crippen molar-refractivity contribution in [2.24, 2.45) is 0 Å². The Morgan fingerprint density at radius 3 is 3.24 bits per heavy atom. The zero-order valence-electron chi connectivity index (χ0n) is 9.94. The minimum Gasteiger partial charge on any atom is -0.489 e. The predicted molar refractivity (Wildman–Crippen MR) is 68.2 cm³/mol. The molecule has 0 bridgehead atoms. The number of rotatable bonds is 1. The van der Waals surface area contributed by atoms with Crippen LogP contribution in [0.15, 0.2) is 30.5 Å². The van der Waals surface area contributed by atoms with Crippen LogP contribution in [0.25, 0.3) is 10.9 Å². The van der Waals surface area contributed by atoms with Crippen LogP contribution in [-0.4, -0.2) is 17.6 Å². The van der Waals surface area contributed by atoms with Gasteiger partial charge in [-0.25, -0.2) is 0 Å². The highest BCUT2D eigenvalue weighted by atomic mass is 16.5. The highest BCUT2D eigenvalue weighted by Gasteiger charge is 2.17. The van der Waals surface area contributed by atoms with Gasteiger partial charge in [-0.05, 0) is 24.6 Å². The number of hydrogen-bond donors (Lipinski definition) is 1. The Balaban J connectivity index is 2.13. The molecule has 0 fully saturated rings. The molecule has 0 saturated carbocycles. The monoisotopic (exact) mass is 228 g/mol. The first-order valence-electron chi connectivity index (χ1n) is 6.12. The van der Waals surface area contributed by atoms with Gasteiger partial charge in [-0.3, -0.25) is 4.98 Å². The van der Waals surface area contributed by atoms with E-state index in [9.17, 15) is 0 Å². The minimum absolute atomic E-state index is 0.269. The standard InChI is InChI=1S/C14H16N2O/c1-2-10-8-15-9-12-11-4-3-7-16-13(11)5-6-14(12)17-10/h3-7,10,15H,2,8-9H2,1H3/t10-/m1/s1. The predicted octanol–water partition coefficient (Wildman–Crippen LogP) is 2.50. The van der Waals surface area contributed by atoms with Crippen LogP contribution in [0.5, 0.6) is 5.75 Å². The maximum atomic E-state index is 6.02. The number of hydrogen-bond acceptors (Lipinski definition) is 3. The van der Waals surface area contributed by atoms with Crippen LogP contribution in [-0.2, 0) is 6.54 Å². The van der Waals surface area contributed by atoms with Crippen molar-refractivity contribution >= 4 is 10.9 Å². The summed E-state index contributed by atoms with van der Waals surface area (Å²) in [6.07, 6.45) is 3.12. The van der Waals surface area contributed by atoms with E-state index in [1.165, 1.54) is 10.9 Å². The summed E-state index contributed by atoms with van der Waals surface area (Å²) >= 11 is 0. The third-order valence-electron chi connectivity index (χ3n) is 3.28. The molecule has 1 aliphatic rings. The van der Waals surface area contributed by atoms with Crippen LogP contribution >= 0.6 is 0 Å². The summed E-state index contributed by atoms with van der Waals surface area (Å²) in [5.74, 6) is 1.00. The molecule has 3 rings (SSSR count). The van der Waals surface area contributed by atoms with Crippen molar-refractivity contribution in [3.63, 3.8) is 0 Å². The number of aromatic nitrogens is 1. The smallest absolute Gasteiger partial charge is 0.125 e. The van der Waals surface area contributed by atoms with Crippen LogP contribution < -0.4 is 10.1 Å². The van der Waals surface area contributed by atoms with Crippen LogP contribution in [0.4, 0.5) is 0 Å². The number of ether oxygens (including phenoxy) is 1. The summed E-state index contributed by atoms with van der Waals surface area (Å²) in [7, 11) is 0. The average Bonchev–Trinajstić information content (AvgIpc) is 2.60. The van der Waals surface area contributed by atoms with Crippen molar-refractivity contribution in [2.75, 3.05) is 6.54 Å². The van der Waals surface area contributed by atoms with Crippen molar-refractivity contribution in [3.05, 3.63) is 36.0 Å². The van der Waals surface area contributed by atoms with Gasteiger partial charge in [0.2, 0.25) is 0 Å². The highest BCUT2D eigenvalue weighted by Crippen LogP contribution is 2.29. The lowest BCUT2D eigenvalue weighted by molar-refractivity contribution is 0.202. The lowest BCUT2D eigenvalue weighted by atomic mass is 10.1. The summed E-state index contributed by atoms with van der Waals surface area (Å²) in [5.41, 5.74) is 2.26. The normalized spacial score (nSPS) is 19.5. The van der Waals surface area contributed by atoms with Crippen molar-refractivity contribution in [2.45, 2.75) is 26.0 Å². The number of nitrogens with one attached hydrogen (secondary N) is 1. The molecule has 1 aliphatic heterocycles. The number of nitrogens with zero attached hydrogens (tertiary/aromatic N) is 1. The quantitative estimate of drug-likeness (QED) is 0.814. The van der Waals surface area contributed by atoms with Gasteiger partial charge in [-0.1, -0.05) is 13.0 Å². The first-order valence-corrected chi connectivity index (χ1v) is 6.12. The van der Waals surface area contributed by atoms with E-state index in [1.807, 2.05) is 24.4 Å². The maximum absolute atomic E-state index is 6.02. The highest BCUT2D eigenvalue weighted by molar-refractivity contribution is 5.84. The van der Waals surface area contributed by atoms with Gasteiger partial charge in [0.1, 0.15) is 11.9 Å². The first kappa shape index (κ1) is 10.5. The van der Waals surface area contributed by atoms with Gasteiger partial charge in [-0.15, -0.1) is 0 Å². The molecule has 0 amide bonds. The topological polar surface area (TPSA) is 34.2 Å². The maximum Gasteiger partial charge on any atom is 0.125 e. The van der Waals surface area contributed by atoms with Crippen LogP contribution in [0.1, 0.15) is 18.9 Å². The fraction of sp³-hybridized carbons (Fsp3) is 0.357. The number of benzene rings is 1. The fourth-order valence-corrected chi connectivity index (χ4v) is 2.29. The molecule has 0 saturated heterocycles. The van der Waals surface area contributed by atoms with Crippen molar-refractivity contribution in [1.82, 2.24) is 10.3 Å². The molecule has 0 spiro atoms. The van der Waals surface area contributed by atoms with E-state index in [0.717, 1.165) is 30.8 Å². The molecule has 1 N–H and O–H groups in total. The molecule has 3 heteroatoms. The second-order valence-electron chi connectivity index (χ2n) is 4.39. The molecule has 17 heavy (non-hydrogen) atoms. The second-order valence-corrected chi connectivity index (χ2v) is 4.39. The molecule has 2 heterocycles. The van der Waals surface area contributed by atoms with E-state index >= 15 is 0 Å². The van der Waals surface area contributed by atoms with Gasteiger partial charge < -0.3 is 10.1 Å². The summed E-state index contributed by atoms with van der Waals surface area (Å²) in [4.78, 5) is 4.38. The van der Waals surface area contributed by atoms with E-state index in [-0.39, 0.29) is 6.10 Å². The molecular weight excluding hydrogens is 212 g/mol. The van der Waals surface area contributed by atoms with E-state index in [1.54, 1.807) is 0 Å². The fourth-order valence-electron chi connectivity index (χ4n) is 2.29. The molecule has 0 unspecified atom stereocenters. The minimum atomic E-state index is 0.269. The number of fused-ring (bicyclic) bond motifs is 3. The van der Waals surface area contributed by atoms with Gasteiger partial charge >= 0.3 is 0 Å². The van der Waals surface area contributed by atoms with Crippen LogP contribution in [0, 0.1) is 0 Å². The Morgan fingerprint density at radius 2 is 2.35 bits per heavy atom. The Kier molecular flexibility index (Phi) is 2.69. The third-order valence-corrected chi connectivity index (χ3v) is 3.28. The summed E-state index contributed by atoms with van der Waals surface area (Å²) < 4.78 is 6.02. The Morgan fingerprint density at radius 1 is 1.41 bits per heavy atom.